The monoisotopic (exact) mass is 370 g/mol. The molecule has 2 heteroatoms. The standard InChI is InChI=1S/C20H20BrP/c1-17-11-9-10-16-20(17)22(2,21,18-12-5-3-6-13-18)19-14-7-4-8-15-19/h3-16H,1-2H3. The number of benzene rings is 3. The molecule has 0 aromatic heterocycles. The number of hydrogen-bond acceptors (Lipinski definition) is 0. The molecule has 3 aromatic carbocycles. The summed E-state index contributed by atoms with van der Waals surface area (Å²) in [5.41, 5.74) is 1.33. The Morgan fingerprint density at radius 3 is 1.50 bits per heavy atom. The molecule has 0 saturated carbocycles. The molecule has 0 spiro atoms. The summed E-state index contributed by atoms with van der Waals surface area (Å²) < 4.78 is 0. The minimum atomic E-state index is -2.61. The van der Waals surface area contributed by atoms with Crippen LogP contribution in [0.4, 0.5) is 0 Å². The molecule has 22 heavy (non-hydrogen) atoms. The second kappa shape index (κ2) is 5.65. The van der Waals surface area contributed by atoms with Gasteiger partial charge >= 0.3 is 141 Å². The van der Waals surface area contributed by atoms with Gasteiger partial charge in [0.2, 0.25) is 0 Å². The van der Waals surface area contributed by atoms with Crippen LogP contribution in [0.5, 0.6) is 0 Å². The number of aryl methyl sites for hydroxylation is 1. The third-order valence-corrected chi connectivity index (χ3v) is 12.7. The first-order chi connectivity index (χ1) is 10.5. The molecular weight excluding hydrogens is 351 g/mol. The van der Waals surface area contributed by atoms with Gasteiger partial charge in [-0.15, -0.1) is 0 Å². The third kappa shape index (κ3) is 2.33. The van der Waals surface area contributed by atoms with Crippen molar-refractivity contribution < 1.29 is 0 Å². The van der Waals surface area contributed by atoms with Gasteiger partial charge in [-0.25, -0.2) is 0 Å². The average molecular weight is 371 g/mol. The van der Waals surface area contributed by atoms with Gasteiger partial charge in [0.15, 0.2) is 0 Å². The van der Waals surface area contributed by atoms with E-state index in [1.165, 1.54) is 21.5 Å². The Bertz CT molecular complexity index is 736. The van der Waals surface area contributed by atoms with Crippen molar-refractivity contribution in [1.29, 1.82) is 0 Å². The summed E-state index contributed by atoms with van der Waals surface area (Å²) in [6, 6.07) is 30.4. The molecule has 0 fully saturated rings. The van der Waals surface area contributed by atoms with Gasteiger partial charge in [0.25, 0.3) is 0 Å². The second-order valence-corrected chi connectivity index (χ2v) is 15.6. The van der Waals surface area contributed by atoms with Crippen molar-refractivity contribution in [2.45, 2.75) is 6.92 Å². The van der Waals surface area contributed by atoms with Crippen molar-refractivity contribution in [1.82, 2.24) is 0 Å². The van der Waals surface area contributed by atoms with Gasteiger partial charge in [-0.05, 0) is 0 Å². The van der Waals surface area contributed by atoms with Gasteiger partial charge in [-0.1, -0.05) is 0 Å². The molecule has 0 aliphatic carbocycles. The number of rotatable bonds is 3. The van der Waals surface area contributed by atoms with E-state index in [4.69, 9.17) is 0 Å². The summed E-state index contributed by atoms with van der Waals surface area (Å²) in [7, 11) is 0. The molecule has 0 saturated heterocycles. The van der Waals surface area contributed by atoms with Gasteiger partial charge in [0.05, 0.1) is 0 Å². The number of halogens is 1. The van der Waals surface area contributed by atoms with E-state index >= 15 is 0 Å². The van der Waals surface area contributed by atoms with Crippen molar-refractivity contribution >= 4 is 36.7 Å². The second-order valence-electron chi connectivity index (χ2n) is 5.89. The summed E-state index contributed by atoms with van der Waals surface area (Å²) in [5.74, 6) is 0. The first-order valence-electron chi connectivity index (χ1n) is 7.44. The zero-order chi connectivity index (χ0) is 15.7. The SMILES string of the molecule is Cc1ccccc1P(C)(Br)(c1ccccc1)c1ccccc1. The first-order valence-corrected chi connectivity index (χ1v) is 12.1. The predicted molar refractivity (Wildman–Crippen MR) is 105 cm³/mol. The van der Waals surface area contributed by atoms with Gasteiger partial charge < -0.3 is 0 Å². The molecular formula is C20H20BrP. The molecule has 112 valence electrons. The van der Waals surface area contributed by atoms with Crippen LogP contribution in [0.15, 0.2) is 84.9 Å². The van der Waals surface area contributed by atoms with E-state index in [0.717, 1.165) is 0 Å². The zero-order valence-corrected chi connectivity index (χ0v) is 15.4. The van der Waals surface area contributed by atoms with E-state index in [-0.39, 0.29) is 0 Å². The van der Waals surface area contributed by atoms with Gasteiger partial charge in [-0.3, -0.25) is 0 Å². The maximum absolute atomic E-state index is 4.30. The van der Waals surface area contributed by atoms with Crippen LogP contribution < -0.4 is 15.9 Å². The summed E-state index contributed by atoms with van der Waals surface area (Å²) >= 11 is 4.30. The average Bonchev–Trinajstić information content (AvgIpc) is 2.57. The molecule has 0 N–H and O–H groups in total. The predicted octanol–water partition coefficient (Wildman–Crippen LogP) is 4.76. The van der Waals surface area contributed by atoms with Crippen LogP contribution in [-0.2, 0) is 0 Å². The van der Waals surface area contributed by atoms with E-state index < -0.39 is 5.31 Å². The maximum atomic E-state index is 4.30. The van der Waals surface area contributed by atoms with Crippen LogP contribution in [0.2, 0.25) is 0 Å². The van der Waals surface area contributed by atoms with Crippen LogP contribution in [0, 0.1) is 6.92 Å². The fourth-order valence-electron chi connectivity index (χ4n) is 3.15. The van der Waals surface area contributed by atoms with E-state index in [0.29, 0.717) is 0 Å². The van der Waals surface area contributed by atoms with Crippen molar-refractivity contribution in [3.63, 3.8) is 0 Å². The minimum absolute atomic E-state index is 1.33. The summed E-state index contributed by atoms with van der Waals surface area (Å²) in [4.78, 5) is 0. The van der Waals surface area contributed by atoms with Gasteiger partial charge in [0, 0.05) is 0 Å². The summed E-state index contributed by atoms with van der Waals surface area (Å²) in [6.07, 6.45) is 0. The van der Waals surface area contributed by atoms with Crippen LogP contribution in [-0.4, -0.2) is 6.66 Å². The molecule has 0 nitrogen and oxygen atoms in total. The topological polar surface area (TPSA) is 0 Å². The number of hydrogen-bond donors (Lipinski definition) is 0. The van der Waals surface area contributed by atoms with Crippen molar-refractivity contribution in [2.75, 3.05) is 6.66 Å². The third-order valence-electron chi connectivity index (χ3n) is 4.43. The Morgan fingerprint density at radius 1 is 0.636 bits per heavy atom. The van der Waals surface area contributed by atoms with E-state index in [2.05, 4.69) is 114 Å². The molecule has 0 unspecified atom stereocenters. The molecule has 0 amide bonds. The molecule has 0 bridgehead atoms. The van der Waals surface area contributed by atoms with E-state index in [1.54, 1.807) is 0 Å². The normalized spacial score (nSPS) is 13.3. The van der Waals surface area contributed by atoms with Gasteiger partial charge in [0.1, 0.15) is 0 Å². The van der Waals surface area contributed by atoms with Crippen LogP contribution in [0.3, 0.4) is 0 Å². The fourth-order valence-corrected chi connectivity index (χ4v) is 9.74. The fraction of sp³-hybridized carbons (Fsp3) is 0.100. The van der Waals surface area contributed by atoms with Crippen LogP contribution in [0.1, 0.15) is 5.56 Å². The molecule has 0 radical (unpaired) electrons. The van der Waals surface area contributed by atoms with Crippen molar-refractivity contribution in [3.05, 3.63) is 90.5 Å². The van der Waals surface area contributed by atoms with Gasteiger partial charge in [-0.2, -0.15) is 0 Å². The molecule has 0 aliphatic heterocycles. The molecule has 0 atom stereocenters. The van der Waals surface area contributed by atoms with Crippen LogP contribution in [0.25, 0.3) is 0 Å². The van der Waals surface area contributed by atoms with Crippen LogP contribution >= 0.6 is 20.8 Å². The Kier molecular flexibility index (Phi) is 3.97. The van der Waals surface area contributed by atoms with E-state index in [1.807, 2.05) is 0 Å². The Labute approximate surface area is 140 Å². The summed E-state index contributed by atoms with van der Waals surface area (Å²) in [5, 5.41) is 1.50. The zero-order valence-electron chi connectivity index (χ0n) is 12.9. The molecule has 0 heterocycles. The van der Waals surface area contributed by atoms with E-state index in [9.17, 15) is 0 Å². The molecule has 0 aliphatic rings. The van der Waals surface area contributed by atoms with Crippen molar-refractivity contribution in [3.8, 4) is 0 Å². The molecule has 3 rings (SSSR count). The Hall–Kier alpha value is -1.43. The Morgan fingerprint density at radius 2 is 1.05 bits per heavy atom. The van der Waals surface area contributed by atoms with Crippen molar-refractivity contribution in [2.24, 2.45) is 0 Å². The molecule has 3 aromatic rings. The quantitative estimate of drug-likeness (QED) is 0.582. The summed E-state index contributed by atoms with van der Waals surface area (Å²) in [6.45, 7) is 4.59. The Balaban J connectivity index is 2.41. The first kappa shape index (κ1) is 15.5.